The van der Waals surface area contributed by atoms with Gasteiger partial charge in [0.1, 0.15) is 11.4 Å². The smallest absolute Gasteiger partial charge is 0.273 e. The number of carbonyl (C=O) groups is 1. The lowest BCUT2D eigenvalue weighted by atomic mass is 10.0. The number of hydrogen-bond donors (Lipinski definition) is 0. The fourth-order valence-electron chi connectivity index (χ4n) is 2.77. The summed E-state index contributed by atoms with van der Waals surface area (Å²) in [7, 11) is 0. The van der Waals surface area contributed by atoms with E-state index in [9.17, 15) is 4.79 Å². The maximum atomic E-state index is 12.5. The fraction of sp³-hybridized carbons (Fsp3) is 0.375. The Labute approximate surface area is 128 Å². The van der Waals surface area contributed by atoms with Crippen molar-refractivity contribution in [3.05, 3.63) is 46.4 Å². The Morgan fingerprint density at radius 1 is 1.43 bits per heavy atom. The van der Waals surface area contributed by atoms with Crippen LogP contribution in [0.4, 0.5) is 0 Å². The van der Waals surface area contributed by atoms with Gasteiger partial charge in [0, 0.05) is 11.9 Å². The predicted molar refractivity (Wildman–Crippen MR) is 82.7 cm³/mol. The minimum atomic E-state index is 0.0348. The van der Waals surface area contributed by atoms with E-state index >= 15 is 0 Å². The highest BCUT2D eigenvalue weighted by Gasteiger charge is 2.31. The minimum Gasteiger partial charge on any atom is -0.494 e. The molecule has 0 N–H and O–H groups in total. The molecule has 0 aliphatic carbocycles. The Morgan fingerprint density at radius 2 is 2.24 bits per heavy atom. The van der Waals surface area contributed by atoms with Crippen molar-refractivity contribution in [1.29, 1.82) is 0 Å². The average Bonchev–Trinajstić information content (AvgIpc) is 3.19. The van der Waals surface area contributed by atoms with Gasteiger partial charge in [0.15, 0.2) is 0 Å². The van der Waals surface area contributed by atoms with E-state index in [1.54, 1.807) is 5.51 Å². The summed E-state index contributed by atoms with van der Waals surface area (Å²) in [6.07, 6.45) is 2.04. The maximum Gasteiger partial charge on any atom is 0.273 e. The minimum absolute atomic E-state index is 0.0348. The summed E-state index contributed by atoms with van der Waals surface area (Å²) in [5.74, 6) is 0.907. The molecular formula is C16H18N2O2S. The van der Waals surface area contributed by atoms with Crippen molar-refractivity contribution in [3.63, 3.8) is 0 Å². The molecule has 1 atom stereocenters. The van der Waals surface area contributed by atoms with Crippen LogP contribution in [-0.4, -0.2) is 28.9 Å². The number of nitrogens with zero attached hydrogens (tertiary/aromatic N) is 2. The summed E-state index contributed by atoms with van der Waals surface area (Å²) in [5, 5.41) is 1.82. The monoisotopic (exact) mass is 302 g/mol. The van der Waals surface area contributed by atoms with Crippen LogP contribution in [0.2, 0.25) is 0 Å². The number of ether oxygens (including phenoxy) is 1. The van der Waals surface area contributed by atoms with E-state index in [1.807, 2.05) is 29.3 Å². The zero-order valence-corrected chi connectivity index (χ0v) is 12.8. The molecule has 1 saturated heterocycles. The van der Waals surface area contributed by atoms with E-state index < -0.39 is 0 Å². The number of rotatable bonds is 4. The van der Waals surface area contributed by atoms with Crippen LogP contribution >= 0.6 is 11.3 Å². The van der Waals surface area contributed by atoms with Crippen molar-refractivity contribution < 1.29 is 9.53 Å². The molecule has 1 aromatic carbocycles. The lowest BCUT2D eigenvalue weighted by Crippen LogP contribution is -2.30. The lowest BCUT2D eigenvalue weighted by Gasteiger charge is -2.24. The van der Waals surface area contributed by atoms with Crippen LogP contribution in [0.15, 0.2) is 35.2 Å². The number of benzene rings is 1. The number of aromatic nitrogens is 1. The van der Waals surface area contributed by atoms with Crippen molar-refractivity contribution in [3.8, 4) is 5.75 Å². The molecule has 1 fully saturated rings. The van der Waals surface area contributed by atoms with Gasteiger partial charge < -0.3 is 9.64 Å². The van der Waals surface area contributed by atoms with Gasteiger partial charge in [0.25, 0.3) is 5.91 Å². The third kappa shape index (κ3) is 2.93. The van der Waals surface area contributed by atoms with Gasteiger partial charge in [-0.3, -0.25) is 4.79 Å². The summed E-state index contributed by atoms with van der Waals surface area (Å²) in [4.78, 5) is 18.6. The van der Waals surface area contributed by atoms with Gasteiger partial charge in [-0.1, -0.05) is 12.1 Å². The van der Waals surface area contributed by atoms with E-state index in [0.717, 1.165) is 25.1 Å². The van der Waals surface area contributed by atoms with Gasteiger partial charge in [0.05, 0.1) is 18.2 Å². The lowest BCUT2D eigenvalue weighted by molar-refractivity contribution is 0.0730. The molecule has 0 spiro atoms. The van der Waals surface area contributed by atoms with E-state index in [0.29, 0.717) is 12.3 Å². The van der Waals surface area contributed by atoms with Crippen molar-refractivity contribution >= 4 is 17.2 Å². The molecule has 0 saturated carbocycles. The third-order valence-electron chi connectivity index (χ3n) is 3.74. The summed E-state index contributed by atoms with van der Waals surface area (Å²) >= 11 is 1.46. The van der Waals surface area contributed by atoms with E-state index in [1.165, 1.54) is 16.9 Å². The Balaban J connectivity index is 1.79. The Morgan fingerprint density at radius 3 is 2.90 bits per heavy atom. The molecule has 1 aliphatic heterocycles. The highest BCUT2D eigenvalue weighted by atomic mass is 32.1. The first kappa shape index (κ1) is 14.1. The maximum absolute atomic E-state index is 12.5. The average molecular weight is 302 g/mol. The van der Waals surface area contributed by atoms with Crippen LogP contribution in [-0.2, 0) is 0 Å². The molecule has 4 nitrogen and oxygen atoms in total. The van der Waals surface area contributed by atoms with Crippen LogP contribution < -0.4 is 4.74 Å². The quantitative estimate of drug-likeness (QED) is 0.868. The summed E-state index contributed by atoms with van der Waals surface area (Å²) in [5.41, 5.74) is 3.42. The molecule has 1 aliphatic rings. The second-order valence-electron chi connectivity index (χ2n) is 5.03. The molecule has 2 aromatic rings. The zero-order chi connectivity index (χ0) is 14.7. The molecule has 1 aromatic heterocycles. The van der Waals surface area contributed by atoms with Crippen molar-refractivity contribution in [1.82, 2.24) is 9.88 Å². The highest BCUT2D eigenvalue weighted by Crippen LogP contribution is 2.33. The van der Waals surface area contributed by atoms with Crippen molar-refractivity contribution in [2.75, 3.05) is 13.2 Å². The van der Waals surface area contributed by atoms with E-state index in [4.69, 9.17) is 4.74 Å². The van der Waals surface area contributed by atoms with Crippen molar-refractivity contribution in [2.24, 2.45) is 0 Å². The molecule has 1 unspecified atom stereocenters. The van der Waals surface area contributed by atoms with Crippen LogP contribution in [0.5, 0.6) is 5.75 Å². The number of hydrogen-bond acceptors (Lipinski definition) is 4. The van der Waals surface area contributed by atoms with Gasteiger partial charge >= 0.3 is 0 Å². The number of carbonyl (C=O) groups excluding carboxylic acids is 1. The van der Waals surface area contributed by atoms with E-state index in [2.05, 4.69) is 17.1 Å². The Kier molecular flexibility index (Phi) is 4.20. The second-order valence-corrected chi connectivity index (χ2v) is 5.75. The first-order chi connectivity index (χ1) is 10.3. The molecule has 110 valence electrons. The zero-order valence-electron chi connectivity index (χ0n) is 12.0. The first-order valence-electron chi connectivity index (χ1n) is 7.21. The standard InChI is InChI=1S/C16H18N2O2S/c1-2-20-13-7-5-12(6-8-13)15-4-3-9-18(15)16(19)14-10-21-11-17-14/h5-8,10-11,15H,2-4,9H2,1H3. The summed E-state index contributed by atoms with van der Waals surface area (Å²) in [6.45, 7) is 3.44. The Bertz CT molecular complexity index is 595. The molecule has 5 heteroatoms. The first-order valence-corrected chi connectivity index (χ1v) is 8.16. The van der Waals surface area contributed by atoms with E-state index in [-0.39, 0.29) is 11.9 Å². The molecule has 1 amide bonds. The Hall–Kier alpha value is -1.88. The van der Waals surface area contributed by atoms with Gasteiger partial charge in [-0.05, 0) is 37.5 Å². The van der Waals surface area contributed by atoms with Crippen molar-refractivity contribution in [2.45, 2.75) is 25.8 Å². The van der Waals surface area contributed by atoms with Gasteiger partial charge in [-0.2, -0.15) is 0 Å². The number of thiazole rings is 1. The normalized spacial score (nSPS) is 18.0. The van der Waals surface area contributed by atoms with Gasteiger partial charge in [0.2, 0.25) is 0 Å². The van der Waals surface area contributed by atoms with Crippen LogP contribution in [0.1, 0.15) is 41.9 Å². The molecule has 0 radical (unpaired) electrons. The highest BCUT2D eigenvalue weighted by molar-refractivity contribution is 7.07. The largest absolute Gasteiger partial charge is 0.494 e. The fourth-order valence-corrected chi connectivity index (χ4v) is 3.30. The molecule has 0 bridgehead atoms. The number of amides is 1. The predicted octanol–water partition coefficient (Wildman–Crippen LogP) is 3.52. The van der Waals surface area contributed by atoms with Crippen LogP contribution in [0, 0.1) is 0 Å². The SMILES string of the molecule is CCOc1ccc(C2CCCN2C(=O)c2cscn2)cc1. The van der Waals surface area contributed by atoms with Gasteiger partial charge in [-0.25, -0.2) is 4.98 Å². The molecular weight excluding hydrogens is 284 g/mol. The molecule has 3 rings (SSSR count). The van der Waals surface area contributed by atoms with Gasteiger partial charge in [-0.15, -0.1) is 11.3 Å². The number of likely N-dealkylation sites (tertiary alicyclic amines) is 1. The molecule has 21 heavy (non-hydrogen) atoms. The topological polar surface area (TPSA) is 42.4 Å². The third-order valence-corrected chi connectivity index (χ3v) is 4.33. The second kappa shape index (κ2) is 6.26. The van der Waals surface area contributed by atoms with Crippen LogP contribution in [0.25, 0.3) is 0 Å². The summed E-state index contributed by atoms with van der Waals surface area (Å²) in [6, 6.07) is 8.21. The van der Waals surface area contributed by atoms with Crippen LogP contribution in [0.3, 0.4) is 0 Å². The molecule has 2 heterocycles. The summed E-state index contributed by atoms with van der Waals surface area (Å²) < 4.78 is 5.47.